The molecule has 0 amide bonds. The standard InChI is InChI=1S/C24H25N7O/c1-14-7-5-6-8-16(14)20-26-18-17(31(20)21-27-29-30(4)28-21)9-10-24-13-23(24,3)19(32)15(12-25)11-22(18,24)2/h5-8,15H,9-11,13H2,1-4H3/t15?,22-,23?,24+/m1/s1. The first-order valence-corrected chi connectivity index (χ1v) is 11.1. The van der Waals surface area contributed by atoms with E-state index < -0.39 is 11.3 Å². The summed E-state index contributed by atoms with van der Waals surface area (Å²) in [6.45, 7) is 6.35. The van der Waals surface area contributed by atoms with E-state index in [1.54, 1.807) is 7.05 Å². The van der Waals surface area contributed by atoms with Crippen LogP contribution in [-0.2, 0) is 23.7 Å². The SMILES string of the molecule is Cc1ccccc1-c1nc2c(n1-c1nnn(C)n1)CC[C@@]13CC1(C)C(=O)C(C#N)C[C@]23C. The molecule has 3 aliphatic rings. The Kier molecular flexibility index (Phi) is 3.58. The van der Waals surface area contributed by atoms with E-state index in [4.69, 9.17) is 4.98 Å². The molecule has 8 nitrogen and oxygen atoms in total. The molecule has 1 spiro atoms. The lowest BCUT2D eigenvalue weighted by atomic mass is 9.54. The van der Waals surface area contributed by atoms with E-state index in [2.05, 4.69) is 54.4 Å². The van der Waals surface area contributed by atoms with Crippen molar-refractivity contribution in [2.75, 3.05) is 0 Å². The summed E-state index contributed by atoms with van der Waals surface area (Å²) in [5.74, 6) is 0.830. The van der Waals surface area contributed by atoms with Gasteiger partial charge in [0, 0.05) is 16.4 Å². The Balaban J connectivity index is 1.63. The summed E-state index contributed by atoms with van der Waals surface area (Å²) < 4.78 is 2.04. The number of hydrogen-bond acceptors (Lipinski definition) is 6. The van der Waals surface area contributed by atoms with Crippen LogP contribution in [0.15, 0.2) is 24.3 Å². The number of Topliss-reactive ketones (excluding diaryl/α,β-unsaturated/α-hetero) is 1. The fourth-order valence-electron chi connectivity index (χ4n) is 6.88. The maximum absolute atomic E-state index is 13.1. The molecule has 4 atom stereocenters. The number of rotatable bonds is 2. The van der Waals surface area contributed by atoms with Gasteiger partial charge in [0.1, 0.15) is 11.7 Å². The van der Waals surface area contributed by atoms with Crippen LogP contribution in [-0.4, -0.2) is 35.5 Å². The summed E-state index contributed by atoms with van der Waals surface area (Å²) >= 11 is 0. The first-order valence-electron chi connectivity index (χ1n) is 11.1. The Labute approximate surface area is 186 Å². The van der Waals surface area contributed by atoms with Crippen molar-refractivity contribution in [2.45, 2.75) is 51.9 Å². The third kappa shape index (κ3) is 2.09. The summed E-state index contributed by atoms with van der Waals surface area (Å²) in [6.07, 6.45) is 3.05. The predicted octanol–water partition coefficient (Wildman–Crippen LogP) is 3.08. The number of ketones is 1. The number of hydrogen-bond donors (Lipinski definition) is 0. The number of nitrogens with zero attached hydrogens (tertiary/aromatic N) is 7. The second kappa shape index (κ2) is 5.91. The number of imidazole rings is 1. The van der Waals surface area contributed by atoms with Gasteiger partial charge in [-0.25, -0.2) is 4.98 Å². The van der Waals surface area contributed by atoms with Crippen LogP contribution in [0.2, 0.25) is 0 Å². The van der Waals surface area contributed by atoms with Gasteiger partial charge in [0.25, 0.3) is 5.95 Å². The van der Waals surface area contributed by atoms with Crippen molar-refractivity contribution in [1.82, 2.24) is 29.8 Å². The molecular weight excluding hydrogens is 402 g/mol. The maximum atomic E-state index is 13.1. The van der Waals surface area contributed by atoms with Crippen molar-refractivity contribution in [2.24, 2.45) is 23.8 Å². The monoisotopic (exact) mass is 427 g/mol. The van der Waals surface area contributed by atoms with Crippen LogP contribution in [0.4, 0.5) is 0 Å². The minimum absolute atomic E-state index is 0.120. The van der Waals surface area contributed by atoms with Crippen LogP contribution in [0.1, 0.15) is 50.1 Å². The van der Waals surface area contributed by atoms with E-state index in [-0.39, 0.29) is 16.6 Å². The molecule has 0 radical (unpaired) electrons. The predicted molar refractivity (Wildman–Crippen MR) is 116 cm³/mol. The highest BCUT2D eigenvalue weighted by Crippen LogP contribution is 2.80. The smallest absolute Gasteiger partial charge is 0.276 e. The van der Waals surface area contributed by atoms with Gasteiger partial charge < -0.3 is 0 Å². The third-order valence-corrected chi connectivity index (χ3v) is 8.64. The Bertz CT molecular complexity index is 1350. The molecule has 162 valence electrons. The normalized spacial score (nSPS) is 32.6. The van der Waals surface area contributed by atoms with Crippen molar-refractivity contribution in [1.29, 1.82) is 5.26 Å². The summed E-state index contributed by atoms with van der Waals surface area (Å²) in [5, 5.41) is 22.7. The zero-order valence-electron chi connectivity index (χ0n) is 18.8. The minimum Gasteiger partial charge on any atom is -0.298 e. The first kappa shape index (κ1) is 19.4. The number of fused-ring (bicyclic) bond motifs is 2. The Morgan fingerprint density at radius 1 is 1.22 bits per heavy atom. The fraction of sp³-hybridized carbons (Fsp3) is 0.500. The highest BCUT2D eigenvalue weighted by atomic mass is 16.1. The average molecular weight is 428 g/mol. The number of aromatic nitrogens is 6. The zero-order chi connectivity index (χ0) is 22.5. The quantitative estimate of drug-likeness (QED) is 0.623. The molecule has 2 fully saturated rings. The van der Waals surface area contributed by atoms with Gasteiger partial charge in [0.05, 0.1) is 24.5 Å². The lowest BCUT2D eigenvalue weighted by Gasteiger charge is -2.48. The molecule has 0 saturated heterocycles. The molecular formula is C24H25N7O. The van der Waals surface area contributed by atoms with Gasteiger partial charge in [-0.2, -0.15) is 10.1 Å². The minimum atomic E-state index is -0.590. The van der Waals surface area contributed by atoms with E-state index >= 15 is 0 Å². The lowest BCUT2D eigenvalue weighted by Crippen LogP contribution is -2.50. The number of tetrazole rings is 1. The molecule has 2 heterocycles. The van der Waals surface area contributed by atoms with Crippen LogP contribution in [0.25, 0.3) is 17.3 Å². The Morgan fingerprint density at radius 2 is 2.00 bits per heavy atom. The number of nitriles is 1. The number of aryl methyl sites for hydroxylation is 2. The molecule has 1 aromatic carbocycles. The highest BCUT2D eigenvalue weighted by molar-refractivity contribution is 5.94. The van der Waals surface area contributed by atoms with Crippen molar-refractivity contribution in [3.63, 3.8) is 0 Å². The van der Waals surface area contributed by atoms with E-state index in [1.165, 1.54) is 4.80 Å². The van der Waals surface area contributed by atoms with E-state index in [9.17, 15) is 10.1 Å². The van der Waals surface area contributed by atoms with Crippen LogP contribution in [0, 0.1) is 35.0 Å². The molecule has 6 rings (SSSR count). The number of benzene rings is 1. The van der Waals surface area contributed by atoms with Gasteiger partial charge in [-0.1, -0.05) is 43.2 Å². The molecule has 0 aliphatic heterocycles. The third-order valence-electron chi connectivity index (χ3n) is 8.64. The van der Waals surface area contributed by atoms with Gasteiger partial charge in [0.15, 0.2) is 5.78 Å². The van der Waals surface area contributed by atoms with Crippen LogP contribution in [0.3, 0.4) is 0 Å². The van der Waals surface area contributed by atoms with Crippen LogP contribution < -0.4 is 0 Å². The average Bonchev–Trinajstić information content (AvgIpc) is 3.04. The van der Waals surface area contributed by atoms with Crippen LogP contribution in [0.5, 0.6) is 0 Å². The lowest BCUT2D eigenvalue weighted by molar-refractivity contribution is -0.132. The highest BCUT2D eigenvalue weighted by Gasteiger charge is 2.80. The van der Waals surface area contributed by atoms with E-state index in [0.29, 0.717) is 12.4 Å². The van der Waals surface area contributed by atoms with Gasteiger partial charge in [-0.05, 0) is 48.8 Å². The van der Waals surface area contributed by atoms with E-state index in [1.807, 2.05) is 16.7 Å². The molecule has 2 saturated carbocycles. The molecule has 3 aliphatic carbocycles. The second-order valence-corrected chi connectivity index (χ2v) is 10.1. The number of carbonyl (C=O) groups is 1. The first-order chi connectivity index (χ1) is 15.3. The summed E-state index contributed by atoms with van der Waals surface area (Å²) in [4.78, 5) is 19.8. The van der Waals surface area contributed by atoms with Crippen molar-refractivity contribution >= 4 is 5.78 Å². The summed E-state index contributed by atoms with van der Waals surface area (Å²) in [7, 11) is 1.75. The molecule has 3 aromatic rings. The van der Waals surface area contributed by atoms with Crippen molar-refractivity contribution < 1.29 is 4.79 Å². The maximum Gasteiger partial charge on any atom is 0.276 e. The molecule has 0 bridgehead atoms. The van der Waals surface area contributed by atoms with Gasteiger partial charge in [-0.15, -0.1) is 5.10 Å². The Hall–Kier alpha value is -3.34. The van der Waals surface area contributed by atoms with E-state index in [0.717, 1.165) is 47.6 Å². The second-order valence-electron chi connectivity index (χ2n) is 10.1. The number of carbonyl (C=O) groups excluding carboxylic acids is 1. The summed E-state index contributed by atoms with van der Waals surface area (Å²) in [5.41, 5.74) is 3.29. The van der Waals surface area contributed by atoms with Crippen molar-refractivity contribution in [3.8, 4) is 23.4 Å². The van der Waals surface area contributed by atoms with Gasteiger partial charge in [-0.3, -0.25) is 9.36 Å². The summed E-state index contributed by atoms with van der Waals surface area (Å²) in [6, 6.07) is 10.5. The molecule has 2 aromatic heterocycles. The molecule has 8 heteroatoms. The topological polar surface area (TPSA) is 102 Å². The van der Waals surface area contributed by atoms with Crippen molar-refractivity contribution in [3.05, 3.63) is 41.2 Å². The van der Waals surface area contributed by atoms with Crippen LogP contribution >= 0.6 is 0 Å². The fourth-order valence-corrected chi connectivity index (χ4v) is 6.88. The zero-order valence-corrected chi connectivity index (χ0v) is 18.8. The largest absolute Gasteiger partial charge is 0.298 e. The molecule has 2 unspecified atom stereocenters. The van der Waals surface area contributed by atoms with Gasteiger partial charge >= 0.3 is 0 Å². The Morgan fingerprint density at radius 3 is 2.69 bits per heavy atom. The molecule has 32 heavy (non-hydrogen) atoms. The van der Waals surface area contributed by atoms with Gasteiger partial charge in [0.2, 0.25) is 0 Å². The molecule has 0 N–H and O–H groups in total.